The third kappa shape index (κ3) is 5.29. The summed E-state index contributed by atoms with van der Waals surface area (Å²) < 4.78 is 181. The number of hydrogen-bond acceptors (Lipinski definition) is 3. The first-order chi connectivity index (χ1) is 36.1. The molecule has 5 heteroatoms. The second kappa shape index (κ2) is 13.0. The average molecular weight is 736 g/mol. The lowest BCUT2D eigenvalue weighted by Crippen LogP contribution is -2.10. The van der Waals surface area contributed by atoms with Gasteiger partial charge in [-0.1, -0.05) is 163 Å². The van der Waals surface area contributed by atoms with Crippen molar-refractivity contribution >= 4 is 43.6 Å². The summed E-state index contributed by atoms with van der Waals surface area (Å²) in [5.41, 5.74) is 0.509. The predicted octanol–water partition coefficient (Wildman–Crippen LogP) is 12.7. The van der Waals surface area contributed by atoms with Gasteiger partial charge in [0.2, 0.25) is 11.9 Å². The zero-order valence-electron chi connectivity index (χ0n) is 48.7. The van der Waals surface area contributed by atoms with E-state index in [0.29, 0.717) is 5.56 Å². The first-order valence-corrected chi connectivity index (χ1v) is 17.2. The van der Waals surface area contributed by atoms with Gasteiger partial charge in [-0.15, -0.1) is 0 Å². The van der Waals surface area contributed by atoms with Gasteiger partial charge in [0.25, 0.3) is 0 Å². The number of aromatic nitrogens is 5. The van der Waals surface area contributed by atoms with Gasteiger partial charge in [-0.25, -0.2) is 0 Å². The van der Waals surface area contributed by atoms with Crippen molar-refractivity contribution in [3.05, 3.63) is 200 Å². The van der Waals surface area contributed by atoms with Gasteiger partial charge in [0.1, 0.15) is 0 Å². The van der Waals surface area contributed by atoms with Gasteiger partial charge in [0, 0.05) is 27.1 Å². The molecular weight excluding hydrogens is 683 g/mol. The quantitative estimate of drug-likeness (QED) is 0.171. The molecule has 0 fully saturated rings. The van der Waals surface area contributed by atoms with E-state index in [2.05, 4.69) is 0 Å². The van der Waals surface area contributed by atoms with Crippen LogP contribution in [-0.4, -0.2) is 24.1 Å². The summed E-state index contributed by atoms with van der Waals surface area (Å²) in [7, 11) is 0. The lowest BCUT2D eigenvalue weighted by Gasteiger charge is -2.13. The van der Waals surface area contributed by atoms with Crippen LogP contribution in [0.3, 0.4) is 0 Å². The van der Waals surface area contributed by atoms with Crippen LogP contribution >= 0.6 is 0 Å². The van der Waals surface area contributed by atoms with Crippen LogP contribution in [0.2, 0.25) is 0 Å². The van der Waals surface area contributed by atoms with Crippen molar-refractivity contribution < 1.29 is 27.4 Å². The van der Waals surface area contributed by atoms with Gasteiger partial charge in [-0.3, -0.25) is 9.13 Å². The van der Waals surface area contributed by atoms with E-state index in [9.17, 15) is 9.60 Å². The minimum Gasteiger partial charge on any atom is -0.278 e. The maximum atomic E-state index is 9.87. The molecule has 0 aliphatic heterocycles. The zero-order valence-corrected chi connectivity index (χ0v) is 28.7. The topological polar surface area (TPSA) is 48.5 Å². The molecule has 0 N–H and O–H groups in total. The predicted molar refractivity (Wildman–Crippen MR) is 230 cm³/mol. The van der Waals surface area contributed by atoms with Crippen LogP contribution in [0.5, 0.6) is 0 Å². The monoisotopic (exact) mass is 735 g/mol. The van der Waals surface area contributed by atoms with E-state index >= 15 is 0 Å². The lowest BCUT2D eigenvalue weighted by atomic mass is 9.98. The molecule has 0 saturated carbocycles. The molecule has 3 heterocycles. The van der Waals surface area contributed by atoms with Crippen LogP contribution in [0.25, 0.3) is 100 Å². The Morgan fingerprint density at radius 1 is 0.339 bits per heavy atom. The Morgan fingerprint density at radius 3 is 1.41 bits per heavy atom. The van der Waals surface area contributed by atoms with Crippen LogP contribution in [0, 0.1) is 0 Å². The van der Waals surface area contributed by atoms with E-state index in [1.54, 1.807) is 18.2 Å². The van der Waals surface area contributed by atoms with Crippen LogP contribution in [-0.2, 0) is 0 Å². The van der Waals surface area contributed by atoms with Crippen LogP contribution < -0.4 is 0 Å². The summed E-state index contributed by atoms with van der Waals surface area (Å²) in [6.07, 6.45) is 0. The molecule has 5 nitrogen and oxygen atoms in total. The van der Waals surface area contributed by atoms with Crippen molar-refractivity contribution in [2.24, 2.45) is 0 Å². The Kier molecular flexibility index (Phi) is 4.12. The molecule has 0 aliphatic rings. The molecule has 8 aromatic carbocycles. The molecule has 0 bridgehead atoms. The first-order valence-electron chi connectivity index (χ1n) is 27.2. The van der Waals surface area contributed by atoms with Crippen molar-refractivity contribution in [2.75, 3.05) is 0 Å². The molecule has 0 unspecified atom stereocenters. The van der Waals surface area contributed by atoms with Crippen molar-refractivity contribution in [1.82, 2.24) is 24.1 Å². The maximum absolute atomic E-state index is 9.87. The van der Waals surface area contributed by atoms with E-state index in [1.165, 1.54) is 0 Å². The maximum Gasteiger partial charge on any atom is 0.240 e. The smallest absolute Gasteiger partial charge is 0.240 e. The SMILES string of the molecule is [2H]c1c([2H])c([2H])c(-c2c([2H])c([2H])c3c4c([2H])c([2H])c([2H])c([2H])c4n(-c4nc(-c5cccc(-c6cccc(-c7ccccc7)c6)c5)nc(-n5c6c([2H])c([2H])c([2H])c([2H])c6c6c([2H])c([2H])c([2H])c([2H])c65)n4)c3c2[2H])c([2H])c1[2H]. The molecule has 56 heavy (non-hydrogen) atoms. The van der Waals surface area contributed by atoms with E-state index < -0.39 is 160 Å². The molecule has 3 aromatic heterocycles. The van der Waals surface area contributed by atoms with Crippen molar-refractivity contribution in [3.8, 4) is 56.7 Å². The van der Waals surface area contributed by atoms with Crippen LogP contribution in [0.4, 0.5) is 0 Å². The molecule has 0 radical (unpaired) electrons. The fraction of sp³-hybridized carbons (Fsp3) is 0. The highest BCUT2D eigenvalue weighted by Crippen LogP contribution is 2.37. The van der Waals surface area contributed by atoms with E-state index in [4.69, 9.17) is 32.8 Å². The Morgan fingerprint density at radius 2 is 0.804 bits per heavy atom. The fourth-order valence-corrected chi connectivity index (χ4v) is 6.86. The number of nitrogens with zero attached hydrogens (tertiary/aromatic N) is 5. The number of para-hydroxylation sites is 3. The molecule has 11 rings (SSSR count). The first kappa shape index (κ1) is 17.7. The summed E-state index contributed by atoms with van der Waals surface area (Å²) in [5, 5.41) is -1.43. The third-order valence-electron chi connectivity index (χ3n) is 9.38. The Balaban J connectivity index is 1.34. The molecule has 262 valence electrons. The van der Waals surface area contributed by atoms with Crippen molar-refractivity contribution in [2.45, 2.75) is 0 Å². The van der Waals surface area contributed by atoms with Gasteiger partial charge in [0.05, 0.1) is 49.5 Å². The fourth-order valence-electron chi connectivity index (χ4n) is 6.86. The molecule has 0 saturated heterocycles. The van der Waals surface area contributed by atoms with Gasteiger partial charge >= 0.3 is 0 Å². The van der Waals surface area contributed by atoms with E-state index in [1.807, 2.05) is 60.7 Å². The Labute approximate surface area is 351 Å². The summed E-state index contributed by atoms with van der Waals surface area (Å²) in [6, 6.07) is 9.08. The molecule has 0 amide bonds. The Bertz CT molecular complexity index is 4310. The Hall–Kier alpha value is -7.63. The number of fused-ring (bicyclic) bond motifs is 6. The largest absolute Gasteiger partial charge is 0.278 e. The average Bonchev–Trinajstić information content (AvgIpc) is 4.18. The highest BCUT2D eigenvalue weighted by Gasteiger charge is 2.21. The summed E-state index contributed by atoms with van der Waals surface area (Å²) >= 11 is 0. The summed E-state index contributed by atoms with van der Waals surface area (Å²) in [4.78, 5) is 14.5. The zero-order chi connectivity index (χ0) is 54.4. The minimum atomic E-state index is -0.821. The van der Waals surface area contributed by atoms with Gasteiger partial charge in [-0.2, -0.15) is 15.0 Å². The molecule has 0 spiro atoms. The van der Waals surface area contributed by atoms with E-state index in [-0.39, 0.29) is 38.6 Å². The third-order valence-corrected chi connectivity index (χ3v) is 9.38. The normalized spacial score (nSPS) is 16.6. The second-order valence-electron chi connectivity index (χ2n) is 12.6. The van der Waals surface area contributed by atoms with E-state index in [0.717, 1.165) is 25.8 Å². The van der Waals surface area contributed by atoms with Crippen LogP contribution in [0.15, 0.2) is 200 Å². The molecular formula is C51H33N5. The highest BCUT2D eigenvalue weighted by atomic mass is 15.3. The molecule has 0 aliphatic carbocycles. The molecule has 11 aromatic rings. The van der Waals surface area contributed by atoms with Gasteiger partial charge in [-0.05, 0) is 69.7 Å². The van der Waals surface area contributed by atoms with Gasteiger partial charge in [0.15, 0.2) is 5.82 Å². The standard InChI is InChI=1S/C51H33N5/c1-3-15-34(16-4-1)36-19-13-20-37(31-36)38-21-14-22-40(32-38)49-52-50(55-45-26-10-7-23-41(45)42-24-8-11-27-46(42)55)54-51(53-49)56-47-28-12-9-25-43(47)44-30-29-39(33-48(44)56)35-17-5-2-6-18-35/h1-33H/i2D,5D,6D,7D,8D,9D,10D,11D,12D,17D,18D,23D,24D,25D,26D,27D,28D,29D,30D,33D. The highest BCUT2D eigenvalue weighted by molar-refractivity contribution is 6.10. The van der Waals surface area contributed by atoms with Gasteiger partial charge < -0.3 is 0 Å². The van der Waals surface area contributed by atoms with Crippen LogP contribution in [0.1, 0.15) is 27.4 Å². The minimum absolute atomic E-state index is 0.228. The lowest BCUT2D eigenvalue weighted by molar-refractivity contribution is 0.893. The molecule has 0 atom stereocenters. The second-order valence-corrected chi connectivity index (χ2v) is 12.6. The number of benzene rings is 8. The summed E-state index contributed by atoms with van der Waals surface area (Å²) in [6.45, 7) is 0. The summed E-state index contributed by atoms with van der Waals surface area (Å²) in [5.74, 6) is -1.37. The van der Waals surface area contributed by atoms with Crippen molar-refractivity contribution in [1.29, 1.82) is 0 Å². The van der Waals surface area contributed by atoms with Crippen molar-refractivity contribution in [3.63, 3.8) is 0 Å². The number of hydrogen-bond donors (Lipinski definition) is 0. The number of rotatable bonds is 6.